The van der Waals surface area contributed by atoms with E-state index in [1.807, 2.05) is 23.1 Å². The van der Waals surface area contributed by atoms with Crippen molar-refractivity contribution < 1.29 is 14.7 Å². The van der Waals surface area contributed by atoms with E-state index in [0.29, 0.717) is 6.04 Å². The molecule has 1 aromatic rings. The number of fused-ring (bicyclic) bond motifs is 2. The zero-order valence-electron chi connectivity index (χ0n) is 15.0. The third-order valence-electron chi connectivity index (χ3n) is 7.34. The van der Waals surface area contributed by atoms with Gasteiger partial charge < -0.3 is 14.8 Å². The molecule has 5 unspecified atom stereocenters. The fourth-order valence-corrected chi connectivity index (χ4v) is 6.55. The predicted molar refractivity (Wildman–Crippen MR) is 97.9 cm³/mol. The van der Waals surface area contributed by atoms with Gasteiger partial charge in [0.25, 0.3) is 0 Å². The minimum atomic E-state index is -0.222. The number of anilines is 1. The van der Waals surface area contributed by atoms with Gasteiger partial charge in [-0.15, -0.1) is 0 Å². The summed E-state index contributed by atoms with van der Waals surface area (Å²) in [5.74, 6) is -0.0915. The SMILES string of the molecule is CC(=O)N1c2ccccc2C23CCN4C/C(=C/CO)C(CC42)C(C=O)C13. The van der Waals surface area contributed by atoms with Crippen molar-refractivity contribution in [1.29, 1.82) is 0 Å². The van der Waals surface area contributed by atoms with E-state index in [4.69, 9.17) is 0 Å². The molecule has 5 heteroatoms. The van der Waals surface area contributed by atoms with E-state index < -0.39 is 0 Å². The molecule has 5 nitrogen and oxygen atoms in total. The number of piperidine rings is 1. The Bertz CT molecular complexity index is 819. The maximum atomic E-state index is 12.7. The monoisotopic (exact) mass is 352 g/mol. The zero-order valence-corrected chi connectivity index (χ0v) is 15.0. The van der Waals surface area contributed by atoms with Crippen molar-refractivity contribution in [3.63, 3.8) is 0 Å². The van der Waals surface area contributed by atoms with Gasteiger partial charge in [-0.05, 0) is 36.9 Å². The van der Waals surface area contributed by atoms with Gasteiger partial charge in [0.15, 0.2) is 0 Å². The molecule has 1 N–H and O–H groups in total. The first-order valence-corrected chi connectivity index (χ1v) is 9.52. The van der Waals surface area contributed by atoms with Gasteiger partial charge in [-0.1, -0.05) is 29.8 Å². The molecule has 2 saturated heterocycles. The summed E-state index contributed by atoms with van der Waals surface area (Å²) >= 11 is 0. The maximum Gasteiger partial charge on any atom is 0.224 e. The molecule has 1 amide bonds. The number of benzene rings is 1. The summed E-state index contributed by atoms with van der Waals surface area (Å²) in [6.07, 6.45) is 4.87. The topological polar surface area (TPSA) is 60.9 Å². The van der Waals surface area contributed by atoms with E-state index in [0.717, 1.165) is 43.5 Å². The average Bonchev–Trinajstić information content (AvgIpc) is 3.17. The van der Waals surface area contributed by atoms with Gasteiger partial charge in [-0.25, -0.2) is 0 Å². The molecule has 1 aromatic carbocycles. The first-order valence-electron chi connectivity index (χ1n) is 9.52. The second-order valence-corrected chi connectivity index (χ2v) is 8.14. The normalized spacial score (nSPS) is 39.0. The lowest BCUT2D eigenvalue weighted by molar-refractivity contribution is -0.120. The highest BCUT2D eigenvalue weighted by Gasteiger charge is 2.67. The second-order valence-electron chi connectivity index (χ2n) is 8.14. The highest BCUT2D eigenvalue weighted by atomic mass is 16.2. The summed E-state index contributed by atoms with van der Waals surface area (Å²) in [7, 11) is 0. The van der Waals surface area contributed by atoms with Gasteiger partial charge >= 0.3 is 0 Å². The van der Waals surface area contributed by atoms with Crippen molar-refractivity contribution in [1.82, 2.24) is 4.90 Å². The van der Waals surface area contributed by atoms with Crippen LogP contribution >= 0.6 is 0 Å². The van der Waals surface area contributed by atoms with Crippen LogP contribution in [0.2, 0.25) is 0 Å². The molecule has 2 bridgehead atoms. The van der Waals surface area contributed by atoms with Crippen LogP contribution in [0, 0.1) is 11.8 Å². The Morgan fingerprint density at radius 2 is 2.19 bits per heavy atom. The number of hydrogen-bond acceptors (Lipinski definition) is 4. The van der Waals surface area contributed by atoms with Crippen molar-refractivity contribution in [2.45, 2.75) is 37.3 Å². The van der Waals surface area contributed by atoms with Crippen LogP contribution in [0.5, 0.6) is 0 Å². The second kappa shape index (κ2) is 5.51. The molecule has 0 radical (unpaired) electrons. The largest absolute Gasteiger partial charge is 0.392 e. The van der Waals surface area contributed by atoms with Crippen molar-refractivity contribution in [2.75, 3.05) is 24.6 Å². The molecule has 1 saturated carbocycles. The Kier molecular flexibility index (Phi) is 3.43. The number of aliphatic hydroxyl groups is 1. The first kappa shape index (κ1) is 16.2. The van der Waals surface area contributed by atoms with Gasteiger partial charge in [-0.2, -0.15) is 0 Å². The quantitative estimate of drug-likeness (QED) is 0.647. The first-order chi connectivity index (χ1) is 12.6. The summed E-state index contributed by atoms with van der Waals surface area (Å²) in [5.41, 5.74) is 3.25. The fourth-order valence-electron chi connectivity index (χ4n) is 6.55. The van der Waals surface area contributed by atoms with Gasteiger partial charge in [0.05, 0.1) is 12.6 Å². The van der Waals surface area contributed by atoms with Crippen molar-refractivity contribution >= 4 is 17.9 Å². The molecule has 26 heavy (non-hydrogen) atoms. The van der Waals surface area contributed by atoms with Gasteiger partial charge in [0.1, 0.15) is 6.29 Å². The summed E-state index contributed by atoms with van der Waals surface area (Å²) in [4.78, 5) is 29.4. The third kappa shape index (κ3) is 1.78. The number of para-hydroxylation sites is 1. The lowest BCUT2D eigenvalue weighted by atomic mass is 9.55. The molecule has 136 valence electrons. The van der Waals surface area contributed by atoms with E-state index in [2.05, 4.69) is 17.0 Å². The Hall–Kier alpha value is -1.98. The van der Waals surface area contributed by atoms with Crippen LogP contribution in [-0.2, 0) is 15.0 Å². The van der Waals surface area contributed by atoms with Crippen LogP contribution in [-0.4, -0.2) is 54.0 Å². The highest BCUT2D eigenvalue weighted by molar-refractivity contribution is 5.97. The van der Waals surface area contributed by atoms with Crippen LogP contribution in [0.25, 0.3) is 0 Å². The van der Waals surface area contributed by atoms with Crippen LogP contribution in [0.4, 0.5) is 5.69 Å². The number of rotatable bonds is 2. The molecular formula is C21H24N2O3. The van der Waals surface area contributed by atoms with Crippen LogP contribution in [0.15, 0.2) is 35.9 Å². The molecule has 5 atom stereocenters. The van der Waals surface area contributed by atoms with E-state index in [1.54, 1.807) is 6.92 Å². The van der Waals surface area contributed by atoms with Crippen LogP contribution in [0.1, 0.15) is 25.3 Å². The minimum absolute atomic E-state index is 0.00236. The molecular weight excluding hydrogens is 328 g/mol. The fraction of sp³-hybridized carbons (Fsp3) is 0.524. The highest BCUT2D eigenvalue weighted by Crippen LogP contribution is 2.62. The van der Waals surface area contributed by atoms with Gasteiger partial charge in [0, 0.05) is 36.5 Å². The lowest BCUT2D eigenvalue weighted by Gasteiger charge is -2.55. The van der Waals surface area contributed by atoms with Crippen LogP contribution < -0.4 is 4.90 Å². The molecule has 5 rings (SSSR count). The predicted octanol–water partition coefficient (Wildman–Crippen LogP) is 1.50. The summed E-state index contributed by atoms with van der Waals surface area (Å²) in [6, 6.07) is 8.47. The molecule has 3 aliphatic heterocycles. The molecule has 1 aliphatic carbocycles. The summed E-state index contributed by atoms with van der Waals surface area (Å²) in [6.45, 7) is 3.42. The number of carbonyl (C=O) groups is 2. The standard InChI is InChI=1S/C21H24N2O3/c1-13(26)23-18-5-3-2-4-17(18)21-7-8-22-11-14(6-9-24)15(10-19(21)22)16(12-25)20(21)23/h2-6,12,15-16,19-20,24H,7-11H2,1H3/b14-6-. The number of hydrogen-bond donors (Lipinski definition) is 1. The van der Waals surface area contributed by atoms with Crippen LogP contribution in [0.3, 0.4) is 0 Å². The lowest BCUT2D eigenvalue weighted by Crippen LogP contribution is -2.65. The smallest absolute Gasteiger partial charge is 0.224 e. The molecule has 1 spiro atoms. The van der Waals surface area contributed by atoms with E-state index in [9.17, 15) is 14.7 Å². The Balaban J connectivity index is 1.75. The number of carbonyl (C=O) groups excluding carboxylic acids is 2. The molecule has 0 aromatic heterocycles. The van der Waals surface area contributed by atoms with E-state index in [-0.39, 0.29) is 35.8 Å². The van der Waals surface area contributed by atoms with Gasteiger partial charge in [0.2, 0.25) is 5.91 Å². The van der Waals surface area contributed by atoms with Crippen molar-refractivity contribution in [3.05, 3.63) is 41.5 Å². The zero-order chi connectivity index (χ0) is 18.1. The number of aliphatic hydroxyl groups excluding tert-OH is 1. The van der Waals surface area contributed by atoms with E-state index in [1.165, 1.54) is 5.56 Å². The minimum Gasteiger partial charge on any atom is -0.392 e. The van der Waals surface area contributed by atoms with Crippen molar-refractivity contribution in [3.8, 4) is 0 Å². The Morgan fingerprint density at radius 3 is 2.92 bits per heavy atom. The number of nitrogens with zero attached hydrogens (tertiary/aromatic N) is 2. The summed E-state index contributed by atoms with van der Waals surface area (Å²) < 4.78 is 0. The molecule has 4 aliphatic rings. The number of amides is 1. The molecule has 3 heterocycles. The van der Waals surface area contributed by atoms with E-state index >= 15 is 0 Å². The average molecular weight is 352 g/mol. The summed E-state index contributed by atoms with van der Waals surface area (Å²) in [5, 5.41) is 9.46. The maximum absolute atomic E-state index is 12.7. The van der Waals surface area contributed by atoms with Crippen molar-refractivity contribution in [2.24, 2.45) is 11.8 Å². The van der Waals surface area contributed by atoms with Gasteiger partial charge in [-0.3, -0.25) is 9.69 Å². The Morgan fingerprint density at radius 1 is 1.38 bits per heavy atom. The molecule has 3 fully saturated rings. The number of aldehydes is 1. The Labute approximate surface area is 153 Å². The third-order valence-corrected chi connectivity index (χ3v) is 7.34.